The number of hydrogen-bond acceptors (Lipinski definition) is 4. The predicted molar refractivity (Wildman–Crippen MR) is 57.1 cm³/mol. The molecule has 3 nitrogen and oxygen atoms in total. The zero-order chi connectivity index (χ0) is 9.40. The van der Waals surface area contributed by atoms with Gasteiger partial charge in [-0.1, -0.05) is 26.2 Å². The molecule has 0 rings (SSSR count). The molecule has 12 heavy (non-hydrogen) atoms. The monoisotopic (exact) mass is 226 g/mol. The van der Waals surface area contributed by atoms with Crippen LogP contribution >= 0.6 is 29.4 Å². The maximum absolute atomic E-state index is 11.1. The summed E-state index contributed by atoms with van der Waals surface area (Å²) in [5.41, 5.74) is 4.92. The summed E-state index contributed by atoms with van der Waals surface area (Å²) in [6, 6.07) is 0. The summed E-state index contributed by atoms with van der Waals surface area (Å²) in [5.74, 6) is 0.519. The highest BCUT2D eigenvalue weighted by atomic mass is 33.1. The average Bonchev–Trinajstić information content (AvgIpc) is 2.01. The second-order valence-electron chi connectivity index (χ2n) is 2.13. The molecule has 0 aliphatic rings. The molecule has 1 amide bonds. The summed E-state index contributed by atoms with van der Waals surface area (Å²) in [4.78, 5) is 10.3. The van der Waals surface area contributed by atoms with E-state index in [4.69, 9.17) is 5.73 Å². The minimum absolute atomic E-state index is 0.249. The van der Waals surface area contributed by atoms with Gasteiger partial charge in [0, 0.05) is 5.75 Å². The SMILES string of the molecule is CSSCC[P+](=O)CCC(N)=O. The number of hydrogen-bond donors (Lipinski definition) is 1. The molecule has 0 aliphatic carbocycles. The third-order valence-corrected chi connectivity index (χ3v) is 4.71. The van der Waals surface area contributed by atoms with E-state index in [1.807, 2.05) is 6.26 Å². The molecule has 0 spiro atoms. The smallest absolute Gasteiger partial charge is 0.340 e. The molecule has 0 saturated heterocycles. The molecule has 1 atom stereocenters. The molecule has 70 valence electrons. The third kappa shape index (κ3) is 8.37. The fraction of sp³-hybridized carbons (Fsp3) is 0.833. The van der Waals surface area contributed by atoms with Gasteiger partial charge in [0.1, 0.15) is 0 Å². The molecule has 0 aromatic heterocycles. The van der Waals surface area contributed by atoms with Gasteiger partial charge in [0.05, 0.1) is 6.42 Å². The first-order valence-corrected chi connectivity index (χ1v) is 7.88. The lowest BCUT2D eigenvalue weighted by Crippen LogP contribution is -2.11. The van der Waals surface area contributed by atoms with Gasteiger partial charge >= 0.3 is 7.80 Å². The Bertz CT molecular complexity index is 166. The van der Waals surface area contributed by atoms with Gasteiger partial charge in [-0.3, -0.25) is 4.79 Å². The minimum atomic E-state index is -1.21. The topological polar surface area (TPSA) is 60.2 Å². The van der Waals surface area contributed by atoms with E-state index in [-0.39, 0.29) is 12.3 Å². The number of nitrogens with two attached hydrogens (primary N) is 1. The summed E-state index contributed by atoms with van der Waals surface area (Å²) in [6.45, 7) is 0. The fourth-order valence-electron chi connectivity index (χ4n) is 0.569. The number of carbonyl (C=O) groups is 1. The van der Waals surface area contributed by atoms with Crippen molar-refractivity contribution < 1.29 is 9.36 Å². The van der Waals surface area contributed by atoms with Gasteiger partial charge in [-0.25, -0.2) is 0 Å². The van der Waals surface area contributed by atoms with Crippen molar-refractivity contribution >= 4 is 35.3 Å². The first-order valence-electron chi connectivity index (χ1n) is 3.52. The normalized spacial score (nSPS) is 11.2. The molecule has 0 aromatic carbocycles. The zero-order valence-corrected chi connectivity index (χ0v) is 9.51. The van der Waals surface area contributed by atoms with Crippen LogP contribution in [0.1, 0.15) is 6.42 Å². The molecule has 0 aliphatic heterocycles. The van der Waals surface area contributed by atoms with Crippen LogP contribution in [0.2, 0.25) is 0 Å². The lowest BCUT2D eigenvalue weighted by atomic mass is 10.5. The van der Waals surface area contributed by atoms with Crippen LogP contribution in [0.4, 0.5) is 0 Å². The summed E-state index contributed by atoms with van der Waals surface area (Å²) in [6.07, 6.45) is 3.37. The van der Waals surface area contributed by atoms with Gasteiger partial charge in [0.2, 0.25) is 5.91 Å². The van der Waals surface area contributed by atoms with E-state index in [1.54, 1.807) is 21.6 Å². The fourth-order valence-corrected chi connectivity index (χ4v) is 3.71. The molecule has 0 aromatic rings. The van der Waals surface area contributed by atoms with E-state index in [9.17, 15) is 9.36 Å². The zero-order valence-electron chi connectivity index (χ0n) is 6.99. The highest BCUT2D eigenvalue weighted by molar-refractivity contribution is 8.76. The highest BCUT2D eigenvalue weighted by Gasteiger charge is 2.15. The Balaban J connectivity index is 3.28. The first-order chi connectivity index (χ1) is 5.66. The molecule has 6 heteroatoms. The van der Waals surface area contributed by atoms with Gasteiger partial charge in [0.25, 0.3) is 0 Å². The van der Waals surface area contributed by atoms with Crippen LogP contribution in [0.15, 0.2) is 0 Å². The van der Waals surface area contributed by atoms with Gasteiger partial charge in [-0.05, 0) is 6.26 Å². The molecule has 0 bridgehead atoms. The maximum Gasteiger partial charge on any atom is 0.340 e. The number of rotatable bonds is 7. The molecular weight excluding hydrogens is 213 g/mol. The van der Waals surface area contributed by atoms with Crippen molar-refractivity contribution in [3.8, 4) is 0 Å². The Hall–Kier alpha value is 0.270. The molecule has 0 saturated carbocycles. The van der Waals surface area contributed by atoms with Crippen molar-refractivity contribution in [2.45, 2.75) is 6.42 Å². The minimum Gasteiger partial charge on any atom is -0.370 e. The Labute approximate surface area is 81.4 Å². The van der Waals surface area contributed by atoms with Crippen LogP contribution in [0.3, 0.4) is 0 Å². The van der Waals surface area contributed by atoms with E-state index in [1.165, 1.54) is 0 Å². The van der Waals surface area contributed by atoms with Crippen molar-refractivity contribution in [1.82, 2.24) is 0 Å². The second-order valence-corrected chi connectivity index (χ2v) is 6.68. The number of primary amides is 1. The standard InChI is InChI=1S/C6H12NO2PS2/c1-11-12-5-4-10(9)3-2-6(7)8/h2-5H2,1H3,(H-,7,8)/p+1. The second kappa shape index (κ2) is 7.90. The summed E-state index contributed by atoms with van der Waals surface area (Å²) < 4.78 is 11.1. The largest absolute Gasteiger partial charge is 0.370 e. The lowest BCUT2D eigenvalue weighted by Gasteiger charge is -1.88. The Morgan fingerprint density at radius 1 is 1.50 bits per heavy atom. The van der Waals surface area contributed by atoms with Crippen LogP contribution in [0.25, 0.3) is 0 Å². The Kier molecular flexibility index (Phi) is 8.07. The van der Waals surface area contributed by atoms with E-state index in [2.05, 4.69) is 0 Å². The first kappa shape index (κ1) is 12.3. The Morgan fingerprint density at radius 3 is 2.67 bits per heavy atom. The van der Waals surface area contributed by atoms with Crippen molar-refractivity contribution in [1.29, 1.82) is 0 Å². The van der Waals surface area contributed by atoms with Gasteiger partial charge in [-0.2, -0.15) is 0 Å². The van der Waals surface area contributed by atoms with Crippen LogP contribution in [-0.2, 0) is 9.36 Å². The third-order valence-electron chi connectivity index (χ3n) is 1.15. The van der Waals surface area contributed by atoms with E-state index in [0.29, 0.717) is 12.3 Å². The van der Waals surface area contributed by atoms with Gasteiger partial charge in [0.15, 0.2) is 12.3 Å². The quantitative estimate of drug-likeness (QED) is 0.408. The van der Waals surface area contributed by atoms with Crippen molar-refractivity contribution in [3.05, 3.63) is 0 Å². The molecule has 0 fully saturated rings. The van der Waals surface area contributed by atoms with Crippen molar-refractivity contribution in [2.24, 2.45) is 5.73 Å². The van der Waals surface area contributed by atoms with Crippen LogP contribution in [-0.4, -0.2) is 30.2 Å². The summed E-state index contributed by atoms with van der Waals surface area (Å²) in [5, 5.41) is 0. The van der Waals surface area contributed by atoms with Crippen LogP contribution in [0.5, 0.6) is 0 Å². The van der Waals surface area contributed by atoms with Crippen LogP contribution in [0, 0.1) is 0 Å². The molecular formula is C6H13NO2PS2+. The maximum atomic E-state index is 11.1. The summed E-state index contributed by atoms with van der Waals surface area (Å²) in [7, 11) is 2.14. The molecule has 2 N–H and O–H groups in total. The van der Waals surface area contributed by atoms with Crippen molar-refractivity contribution in [3.63, 3.8) is 0 Å². The van der Waals surface area contributed by atoms with E-state index < -0.39 is 7.80 Å². The number of carbonyl (C=O) groups excluding carboxylic acids is 1. The van der Waals surface area contributed by atoms with Gasteiger partial charge < -0.3 is 5.73 Å². The lowest BCUT2D eigenvalue weighted by molar-refractivity contribution is -0.117. The molecule has 0 radical (unpaired) electrons. The van der Waals surface area contributed by atoms with Crippen molar-refractivity contribution in [2.75, 3.05) is 24.3 Å². The predicted octanol–water partition coefficient (Wildman–Crippen LogP) is 1.70. The number of amides is 1. The highest BCUT2D eigenvalue weighted by Crippen LogP contribution is 2.26. The van der Waals surface area contributed by atoms with Crippen LogP contribution < -0.4 is 5.73 Å². The molecule has 1 unspecified atom stereocenters. The van der Waals surface area contributed by atoms with E-state index >= 15 is 0 Å². The Morgan fingerprint density at radius 2 is 2.17 bits per heavy atom. The molecule has 0 heterocycles. The van der Waals surface area contributed by atoms with E-state index in [0.717, 1.165) is 5.75 Å². The van der Waals surface area contributed by atoms with Gasteiger partial charge in [-0.15, -0.1) is 0 Å². The summed E-state index contributed by atoms with van der Waals surface area (Å²) >= 11 is 0. The average molecular weight is 226 g/mol.